The lowest BCUT2D eigenvalue weighted by molar-refractivity contribution is -0.140. The minimum atomic E-state index is -0.894. The van der Waals surface area contributed by atoms with Crippen LogP contribution >= 0.6 is 0 Å². The standard InChI is InChI=1S/C26H24N2O6/c1-32-19-12-18(13-20(33-2)25(19)34-3)22-21(23(29)17-9-5-4-6-10-17)24(30)26(31)28(22)15-16-8-7-11-27-14-16/h4-14,22,29H,15H2,1-3H3/b23-21+/t22-/m1/s1. The van der Waals surface area contributed by atoms with E-state index >= 15 is 0 Å². The van der Waals surface area contributed by atoms with E-state index in [2.05, 4.69) is 4.98 Å². The Bertz CT molecular complexity index is 1220. The van der Waals surface area contributed by atoms with Crippen LogP contribution in [0.15, 0.2) is 72.6 Å². The molecule has 1 aromatic heterocycles. The predicted octanol–water partition coefficient (Wildman–Crippen LogP) is 3.73. The molecule has 1 atom stereocenters. The average molecular weight is 460 g/mol. The number of pyridine rings is 1. The van der Waals surface area contributed by atoms with E-state index in [4.69, 9.17) is 14.2 Å². The summed E-state index contributed by atoms with van der Waals surface area (Å²) < 4.78 is 16.4. The van der Waals surface area contributed by atoms with Crippen molar-refractivity contribution in [1.29, 1.82) is 0 Å². The molecule has 0 aliphatic carbocycles. The van der Waals surface area contributed by atoms with E-state index < -0.39 is 17.7 Å². The number of aromatic nitrogens is 1. The highest BCUT2D eigenvalue weighted by atomic mass is 16.5. The van der Waals surface area contributed by atoms with Gasteiger partial charge in [0.25, 0.3) is 11.7 Å². The molecule has 34 heavy (non-hydrogen) atoms. The SMILES string of the molecule is COc1cc([C@@H]2/C(=C(\O)c3ccccc3)C(=O)C(=O)N2Cc2cccnc2)cc(OC)c1OC. The van der Waals surface area contributed by atoms with Gasteiger partial charge in [-0.3, -0.25) is 14.6 Å². The quantitative estimate of drug-likeness (QED) is 0.326. The highest BCUT2D eigenvalue weighted by Crippen LogP contribution is 2.46. The zero-order valence-electron chi connectivity index (χ0n) is 19.0. The molecule has 1 N–H and O–H groups in total. The molecule has 2 aromatic carbocycles. The number of nitrogens with zero attached hydrogens (tertiary/aromatic N) is 2. The van der Waals surface area contributed by atoms with Crippen molar-refractivity contribution in [3.8, 4) is 17.2 Å². The predicted molar refractivity (Wildman–Crippen MR) is 125 cm³/mol. The van der Waals surface area contributed by atoms with Gasteiger partial charge in [-0.05, 0) is 29.3 Å². The second kappa shape index (κ2) is 9.66. The van der Waals surface area contributed by atoms with Gasteiger partial charge in [0, 0.05) is 24.5 Å². The number of carbonyl (C=O) groups is 2. The van der Waals surface area contributed by atoms with Crippen LogP contribution in [0.25, 0.3) is 5.76 Å². The molecular weight excluding hydrogens is 436 g/mol. The Morgan fingerprint density at radius 2 is 1.65 bits per heavy atom. The van der Waals surface area contributed by atoms with Crippen molar-refractivity contribution >= 4 is 17.4 Å². The summed E-state index contributed by atoms with van der Waals surface area (Å²) in [6.45, 7) is 0.116. The number of amides is 1. The van der Waals surface area contributed by atoms with Crippen molar-refractivity contribution in [1.82, 2.24) is 9.88 Å². The number of hydrogen-bond acceptors (Lipinski definition) is 7. The molecule has 1 fully saturated rings. The maximum absolute atomic E-state index is 13.2. The summed E-state index contributed by atoms with van der Waals surface area (Å²) in [6, 6.07) is 14.7. The Labute approximate surface area is 197 Å². The molecule has 1 amide bonds. The fraction of sp³-hybridized carbons (Fsp3) is 0.192. The van der Waals surface area contributed by atoms with E-state index in [1.54, 1.807) is 60.9 Å². The fourth-order valence-corrected chi connectivity index (χ4v) is 4.09. The highest BCUT2D eigenvalue weighted by Gasteiger charge is 2.46. The van der Waals surface area contributed by atoms with Crippen LogP contribution < -0.4 is 14.2 Å². The molecule has 1 aliphatic heterocycles. The third-order valence-electron chi connectivity index (χ3n) is 5.67. The van der Waals surface area contributed by atoms with Gasteiger partial charge in [0.2, 0.25) is 5.75 Å². The van der Waals surface area contributed by atoms with E-state index in [0.717, 1.165) is 5.56 Å². The maximum Gasteiger partial charge on any atom is 0.295 e. The van der Waals surface area contributed by atoms with E-state index in [9.17, 15) is 14.7 Å². The van der Waals surface area contributed by atoms with E-state index in [1.165, 1.54) is 26.2 Å². The molecule has 8 nitrogen and oxygen atoms in total. The van der Waals surface area contributed by atoms with Crippen molar-refractivity contribution in [3.05, 3.63) is 89.3 Å². The smallest absolute Gasteiger partial charge is 0.295 e. The molecule has 0 spiro atoms. The molecule has 0 unspecified atom stereocenters. The van der Waals surface area contributed by atoms with E-state index in [0.29, 0.717) is 28.4 Å². The number of likely N-dealkylation sites (tertiary alicyclic amines) is 1. The minimum Gasteiger partial charge on any atom is -0.507 e. The van der Waals surface area contributed by atoms with Crippen LogP contribution in [0.2, 0.25) is 0 Å². The zero-order valence-corrected chi connectivity index (χ0v) is 19.0. The maximum atomic E-state index is 13.2. The van der Waals surface area contributed by atoms with Gasteiger partial charge in [0.1, 0.15) is 5.76 Å². The lowest BCUT2D eigenvalue weighted by Gasteiger charge is -2.26. The lowest BCUT2D eigenvalue weighted by atomic mass is 9.94. The number of methoxy groups -OCH3 is 3. The van der Waals surface area contributed by atoms with Crippen molar-refractivity contribution in [2.45, 2.75) is 12.6 Å². The van der Waals surface area contributed by atoms with Gasteiger partial charge in [0.15, 0.2) is 11.5 Å². The first-order valence-corrected chi connectivity index (χ1v) is 10.5. The largest absolute Gasteiger partial charge is 0.507 e. The van der Waals surface area contributed by atoms with Crippen LogP contribution in [0.3, 0.4) is 0 Å². The Kier molecular flexibility index (Phi) is 6.49. The summed E-state index contributed by atoms with van der Waals surface area (Å²) in [5, 5.41) is 11.2. The summed E-state index contributed by atoms with van der Waals surface area (Å²) in [6.07, 6.45) is 3.26. The second-order valence-electron chi connectivity index (χ2n) is 7.61. The first kappa shape index (κ1) is 22.8. The first-order valence-electron chi connectivity index (χ1n) is 10.5. The van der Waals surface area contributed by atoms with Gasteiger partial charge in [-0.1, -0.05) is 36.4 Å². The molecule has 8 heteroatoms. The van der Waals surface area contributed by atoms with Gasteiger partial charge < -0.3 is 24.2 Å². The number of aliphatic hydroxyl groups is 1. The van der Waals surface area contributed by atoms with Crippen LogP contribution in [0.1, 0.15) is 22.7 Å². The normalized spacial score (nSPS) is 17.0. The number of benzene rings is 2. The summed E-state index contributed by atoms with van der Waals surface area (Å²) in [7, 11) is 4.46. The van der Waals surface area contributed by atoms with Gasteiger partial charge in [0.05, 0.1) is 32.9 Å². The van der Waals surface area contributed by atoms with Crippen molar-refractivity contribution < 1.29 is 28.9 Å². The van der Waals surface area contributed by atoms with Crippen LogP contribution in [-0.2, 0) is 16.1 Å². The molecular formula is C26H24N2O6. The number of rotatable bonds is 7. The minimum absolute atomic E-state index is 0.0191. The molecule has 4 rings (SSSR count). The Morgan fingerprint density at radius 3 is 2.21 bits per heavy atom. The Balaban J connectivity index is 1.94. The Morgan fingerprint density at radius 1 is 0.971 bits per heavy atom. The van der Waals surface area contributed by atoms with Gasteiger partial charge in [-0.25, -0.2) is 0 Å². The van der Waals surface area contributed by atoms with Crippen molar-refractivity contribution in [2.24, 2.45) is 0 Å². The van der Waals surface area contributed by atoms with Gasteiger partial charge in [-0.2, -0.15) is 0 Å². The topological polar surface area (TPSA) is 98.2 Å². The van der Waals surface area contributed by atoms with E-state index in [1.807, 2.05) is 6.07 Å². The van der Waals surface area contributed by atoms with Crippen LogP contribution in [0, 0.1) is 0 Å². The monoisotopic (exact) mass is 460 g/mol. The molecule has 174 valence electrons. The third kappa shape index (κ3) is 4.05. The van der Waals surface area contributed by atoms with Crippen LogP contribution in [-0.4, -0.2) is 48.0 Å². The van der Waals surface area contributed by atoms with Gasteiger partial charge >= 0.3 is 0 Å². The average Bonchev–Trinajstić information content (AvgIpc) is 3.13. The number of aliphatic hydroxyl groups excluding tert-OH is 1. The number of carbonyl (C=O) groups excluding carboxylic acids is 2. The third-order valence-corrected chi connectivity index (χ3v) is 5.67. The fourth-order valence-electron chi connectivity index (χ4n) is 4.09. The number of ether oxygens (including phenoxy) is 3. The summed E-state index contributed by atoms with van der Waals surface area (Å²) in [4.78, 5) is 31.9. The molecule has 0 radical (unpaired) electrons. The molecule has 3 aromatic rings. The lowest BCUT2D eigenvalue weighted by Crippen LogP contribution is -2.29. The number of Topliss-reactive ketones (excluding diaryl/α,β-unsaturated/α-hetero) is 1. The summed E-state index contributed by atoms with van der Waals surface area (Å²) >= 11 is 0. The second-order valence-corrected chi connectivity index (χ2v) is 7.61. The highest BCUT2D eigenvalue weighted by molar-refractivity contribution is 6.46. The van der Waals surface area contributed by atoms with Crippen LogP contribution in [0.4, 0.5) is 0 Å². The first-order chi connectivity index (χ1) is 16.5. The zero-order chi connectivity index (χ0) is 24.2. The van der Waals surface area contributed by atoms with E-state index in [-0.39, 0.29) is 17.9 Å². The Hall–Kier alpha value is -4.33. The van der Waals surface area contributed by atoms with Gasteiger partial charge in [-0.15, -0.1) is 0 Å². The molecule has 2 heterocycles. The summed E-state index contributed by atoms with van der Waals surface area (Å²) in [5.74, 6) is -0.649. The molecule has 1 saturated heterocycles. The number of ketones is 1. The van der Waals surface area contributed by atoms with Crippen LogP contribution in [0.5, 0.6) is 17.2 Å². The van der Waals surface area contributed by atoms with Crippen molar-refractivity contribution in [3.63, 3.8) is 0 Å². The molecule has 0 saturated carbocycles. The summed E-state index contributed by atoms with van der Waals surface area (Å²) in [5.41, 5.74) is 1.67. The molecule has 0 bridgehead atoms. The van der Waals surface area contributed by atoms with Crippen molar-refractivity contribution in [2.75, 3.05) is 21.3 Å². The molecule has 1 aliphatic rings. The number of hydrogen-bond donors (Lipinski definition) is 1.